The van der Waals surface area contributed by atoms with Crippen LogP contribution in [0.4, 0.5) is 10.5 Å². The molecule has 9 heteroatoms. The van der Waals surface area contributed by atoms with Crippen molar-refractivity contribution in [1.29, 1.82) is 0 Å². The number of nitrogens with zero attached hydrogens (tertiary/aromatic N) is 4. The van der Waals surface area contributed by atoms with Crippen molar-refractivity contribution in [2.45, 2.75) is 86.5 Å². The van der Waals surface area contributed by atoms with Crippen LogP contribution in [-0.2, 0) is 5.54 Å². The zero-order valence-corrected chi connectivity index (χ0v) is 24.3. The number of carbonyl (C=O) groups is 2. The molecule has 220 valence electrons. The lowest BCUT2D eigenvalue weighted by atomic mass is 9.67. The van der Waals surface area contributed by atoms with Crippen LogP contribution in [0.5, 0.6) is 0 Å². The average Bonchev–Trinajstić information content (AvgIpc) is 3.21. The first-order valence-corrected chi connectivity index (χ1v) is 15.1. The van der Waals surface area contributed by atoms with E-state index in [9.17, 15) is 19.8 Å². The zero-order valence-electron chi connectivity index (χ0n) is 24.3. The maximum Gasteiger partial charge on any atom is 0.325 e. The number of hydrogen-bond acceptors (Lipinski definition) is 6. The number of amides is 3. The van der Waals surface area contributed by atoms with Gasteiger partial charge in [0.05, 0.1) is 41.7 Å². The van der Waals surface area contributed by atoms with Gasteiger partial charge in [0, 0.05) is 12.1 Å². The summed E-state index contributed by atoms with van der Waals surface area (Å²) >= 11 is 0. The number of rotatable bonds is 8. The Labute approximate surface area is 242 Å². The van der Waals surface area contributed by atoms with E-state index in [4.69, 9.17) is 0 Å². The quantitative estimate of drug-likeness (QED) is 0.454. The first-order valence-electron chi connectivity index (χ1n) is 15.1. The second kappa shape index (κ2) is 10.4. The van der Waals surface area contributed by atoms with E-state index in [0.29, 0.717) is 31.6 Å². The first-order chi connectivity index (χ1) is 19.6. The van der Waals surface area contributed by atoms with Gasteiger partial charge in [-0.2, -0.15) is 0 Å². The van der Waals surface area contributed by atoms with E-state index < -0.39 is 11.2 Å². The molecule has 1 spiro atoms. The maximum atomic E-state index is 14.0. The highest BCUT2D eigenvalue weighted by atomic mass is 16.3. The molecule has 0 radical (unpaired) electrons. The van der Waals surface area contributed by atoms with Gasteiger partial charge in [0.1, 0.15) is 5.69 Å². The molecule has 2 aromatic rings. The molecule has 0 bridgehead atoms. The number of benzene rings is 1. The molecule has 1 aromatic heterocycles. The van der Waals surface area contributed by atoms with Crippen LogP contribution in [0.3, 0.4) is 0 Å². The Balaban J connectivity index is 1.22. The van der Waals surface area contributed by atoms with Crippen molar-refractivity contribution in [3.8, 4) is 0 Å². The van der Waals surface area contributed by atoms with Gasteiger partial charge in [-0.3, -0.25) is 14.6 Å². The van der Waals surface area contributed by atoms with Crippen molar-refractivity contribution < 1.29 is 19.8 Å². The summed E-state index contributed by atoms with van der Waals surface area (Å²) < 4.78 is 0. The molecule has 3 amide bonds. The standard InChI is InChI=1S/C32H43N5O4/c1-35(2)32(24-8-4-3-5-9-24)18-16-29(17-19-32)22-36(28(39)37(29)23-31(41)14-7-15-31)25-10-11-26(33-20-25)27(38)34-21-30(40)12-6-13-30/h3-5,8-11,20,40-41H,6-7,12-19,21-23H2,1-2H3,(H,34,38)/t29-,32+. The number of hydrogen-bond donors (Lipinski definition) is 3. The Hall–Kier alpha value is -3.01. The predicted molar refractivity (Wildman–Crippen MR) is 157 cm³/mol. The fourth-order valence-electron chi connectivity index (χ4n) is 7.35. The topological polar surface area (TPSA) is 109 Å². The average molecular weight is 562 g/mol. The Kier molecular flexibility index (Phi) is 7.11. The van der Waals surface area contributed by atoms with Crippen molar-refractivity contribution in [3.63, 3.8) is 0 Å². The van der Waals surface area contributed by atoms with Crippen molar-refractivity contribution in [1.82, 2.24) is 20.1 Å². The molecule has 2 heterocycles. The minimum Gasteiger partial charge on any atom is -0.388 e. The highest BCUT2D eigenvalue weighted by molar-refractivity contribution is 5.96. The molecular weight excluding hydrogens is 518 g/mol. The predicted octanol–water partition coefficient (Wildman–Crippen LogP) is 3.65. The smallest absolute Gasteiger partial charge is 0.325 e. The molecule has 4 fully saturated rings. The second-order valence-corrected chi connectivity index (χ2v) is 13.2. The largest absolute Gasteiger partial charge is 0.388 e. The number of urea groups is 1. The van der Waals surface area contributed by atoms with E-state index in [0.717, 1.165) is 51.4 Å². The number of anilines is 1. The molecule has 1 aliphatic heterocycles. The number of β-amino-alcohol motifs (C(OH)–C–C–N with tert-alkyl or cyclic N) is 1. The van der Waals surface area contributed by atoms with Crippen LogP contribution in [0.2, 0.25) is 0 Å². The van der Waals surface area contributed by atoms with Crippen LogP contribution in [0, 0.1) is 0 Å². The molecule has 6 rings (SSSR count). The van der Waals surface area contributed by atoms with E-state index in [2.05, 4.69) is 53.6 Å². The number of pyridine rings is 1. The Morgan fingerprint density at radius 3 is 2.12 bits per heavy atom. The van der Waals surface area contributed by atoms with E-state index in [-0.39, 0.29) is 35.3 Å². The monoisotopic (exact) mass is 561 g/mol. The lowest BCUT2D eigenvalue weighted by Gasteiger charge is -2.52. The van der Waals surface area contributed by atoms with Crippen molar-refractivity contribution >= 4 is 17.6 Å². The normalized spacial score (nSPS) is 28.5. The SMILES string of the molecule is CN(C)[C@]1(c2ccccc2)CC[C@]2(CC1)CN(c1ccc(C(=O)NCC3(O)CCC3)nc1)C(=O)N2CC1(O)CCC1. The molecule has 0 unspecified atom stereocenters. The first kappa shape index (κ1) is 28.1. The third kappa shape index (κ3) is 5.02. The number of carbonyl (C=O) groups excluding carboxylic acids is 2. The Bertz CT molecular complexity index is 1260. The van der Waals surface area contributed by atoms with Gasteiger partial charge in [-0.25, -0.2) is 9.78 Å². The second-order valence-electron chi connectivity index (χ2n) is 13.2. The van der Waals surface area contributed by atoms with Gasteiger partial charge in [-0.15, -0.1) is 0 Å². The van der Waals surface area contributed by atoms with Gasteiger partial charge < -0.3 is 20.4 Å². The summed E-state index contributed by atoms with van der Waals surface area (Å²) in [6.07, 6.45) is 9.86. The van der Waals surface area contributed by atoms with Gasteiger partial charge in [0.15, 0.2) is 0 Å². The summed E-state index contributed by atoms with van der Waals surface area (Å²) in [6, 6.07) is 14.0. The van der Waals surface area contributed by atoms with Gasteiger partial charge in [0.2, 0.25) is 0 Å². The summed E-state index contributed by atoms with van der Waals surface area (Å²) in [5, 5.41) is 24.2. The van der Waals surface area contributed by atoms with E-state index in [1.54, 1.807) is 23.2 Å². The molecule has 41 heavy (non-hydrogen) atoms. The van der Waals surface area contributed by atoms with E-state index in [1.165, 1.54) is 5.56 Å². The molecule has 1 saturated heterocycles. The molecule has 0 atom stereocenters. The molecule has 1 aromatic carbocycles. The molecule has 9 nitrogen and oxygen atoms in total. The fraction of sp³-hybridized carbons (Fsp3) is 0.594. The van der Waals surface area contributed by atoms with Crippen molar-refractivity contribution in [2.75, 3.05) is 38.6 Å². The van der Waals surface area contributed by atoms with Crippen LogP contribution >= 0.6 is 0 Å². The zero-order chi connectivity index (χ0) is 28.9. The lowest BCUT2D eigenvalue weighted by Crippen LogP contribution is -2.59. The van der Waals surface area contributed by atoms with Crippen LogP contribution in [0.1, 0.15) is 80.3 Å². The van der Waals surface area contributed by atoms with Gasteiger partial charge >= 0.3 is 6.03 Å². The molecule has 4 aliphatic rings. The Morgan fingerprint density at radius 2 is 1.59 bits per heavy atom. The van der Waals surface area contributed by atoms with Gasteiger partial charge in [0.25, 0.3) is 5.91 Å². The fourth-order valence-corrected chi connectivity index (χ4v) is 7.35. The third-order valence-corrected chi connectivity index (χ3v) is 10.6. The van der Waals surface area contributed by atoms with E-state index >= 15 is 0 Å². The van der Waals surface area contributed by atoms with E-state index in [1.807, 2.05) is 11.0 Å². The third-order valence-electron chi connectivity index (χ3n) is 10.6. The van der Waals surface area contributed by atoms with Crippen molar-refractivity contribution in [2.24, 2.45) is 0 Å². The molecule has 3 saturated carbocycles. The summed E-state index contributed by atoms with van der Waals surface area (Å²) in [4.78, 5) is 37.1. The Morgan fingerprint density at radius 1 is 0.927 bits per heavy atom. The van der Waals surface area contributed by atoms with Crippen LogP contribution in [0.15, 0.2) is 48.7 Å². The highest BCUT2D eigenvalue weighted by Gasteiger charge is 2.56. The molecule has 3 N–H and O–H groups in total. The summed E-state index contributed by atoms with van der Waals surface area (Å²) in [5.74, 6) is -0.330. The minimum atomic E-state index is -0.821. The van der Waals surface area contributed by atoms with Crippen molar-refractivity contribution in [3.05, 3.63) is 59.9 Å². The van der Waals surface area contributed by atoms with Gasteiger partial charge in [-0.05, 0) is 96.0 Å². The van der Waals surface area contributed by atoms with Crippen LogP contribution in [-0.4, -0.2) is 87.4 Å². The minimum absolute atomic E-state index is 0.103. The number of aromatic nitrogens is 1. The summed E-state index contributed by atoms with van der Waals surface area (Å²) in [6.45, 7) is 1.09. The molecule has 3 aliphatic carbocycles. The summed E-state index contributed by atoms with van der Waals surface area (Å²) in [7, 11) is 4.28. The molecular formula is C32H43N5O4. The number of aliphatic hydroxyl groups is 2. The summed E-state index contributed by atoms with van der Waals surface area (Å²) in [5.41, 5.74) is 0.0985. The van der Waals surface area contributed by atoms with Crippen LogP contribution < -0.4 is 10.2 Å². The van der Waals surface area contributed by atoms with Gasteiger partial charge in [-0.1, -0.05) is 30.3 Å². The lowest BCUT2D eigenvalue weighted by molar-refractivity contribution is -0.0725. The maximum absolute atomic E-state index is 14.0. The van der Waals surface area contributed by atoms with Crippen LogP contribution in [0.25, 0.3) is 0 Å². The highest BCUT2D eigenvalue weighted by Crippen LogP contribution is 2.50. The number of nitrogens with one attached hydrogen (secondary N) is 1.